The van der Waals surface area contributed by atoms with Gasteiger partial charge in [0.1, 0.15) is 0 Å². The Morgan fingerprint density at radius 3 is 2.25 bits per heavy atom. The molecule has 42 valence electrons. The van der Waals surface area contributed by atoms with Crippen molar-refractivity contribution in [3.05, 3.63) is 0 Å². The summed E-state index contributed by atoms with van der Waals surface area (Å²) < 4.78 is 0. The van der Waals surface area contributed by atoms with Crippen LogP contribution in [0.5, 0.6) is 0 Å². The summed E-state index contributed by atoms with van der Waals surface area (Å²) >= 11 is 0. The molecule has 1 unspecified atom stereocenters. The Labute approximate surface area is 60.4 Å². The van der Waals surface area contributed by atoms with E-state index in [1.54, 1.807) is 6.92 Å². The molecule has 0 fully saturated rings. The van der Waals surface area contributed by atoms with Crippen molar-refractivity contribution in [2.24, 2.45) is 5.73 Å². The molecule has 0 rings (SSSR count). The molecule has 0 saturated heterocycles. The van der Waals surface area contributed by atoms with Gasteiger partial charge in [-0.05, 0) is 6.92 Å². The van der Waals surface area contributed by atoms with Crippen molar-refractivity contribution in [1.82, 2.24) is 0 Å². The van der Waals surface area contributed by atoms with E-state index in [2.05, 4.69) is 0 Å². The van der Waals surface area contributed by atoms with Crippen molar-refractivity contribution in [3.8, 4) is 0 Å². The molecule has 3 nitrogen and oxygen atoms in total. The average molecular weight is 109 g/mol. The van der Waals surface area contributed by atoms with Crippen molar-refractivity contribution in [1.29, 1.82) is 0 Å². The van der Waals surface area contributed by atoms with Gasteiger partial charge in [0.25, 0.3) is 0 Å². The van der Waals surface area contributed by atoms with Gasteiger partial charge in [0.15, 0.2) is 0 Å². The Morgan fingerprint density at radius 1 is 1.88 bits per heavy atom. The van der Waals surface area contributed by atoms with Crippen LogP contribution in [-0.4, -0.2) is 12.0 Å². The molecule has 0 aromatic rings. The molecule has 2 N–H and O–H groups in total. The van der Waals surface area contributed by atoms with Gasteiger partial charge in [0.2, 0.25) is 0 Å². The molecule has 0 aromatic heterocycles. The summed E-state index contributed by atoms with van der Waals surface area (Å²) in [5.41, 5.74) is 5.07. The molecule has 0 aliphatic rings. The van der Waals surface area contributed by atoms with Gasteiger partial charge in [0, 0.05) is 18.4 Å². The summed E-state index contributed by atoms with van der Waals surface area (Å²) in [6.45, 7) is 1.62. The van der Waals surface area contributed by atoms with Crippen molar-refractivity contribution in [2.75, 3.05) is 0 Å². The van der Waals surface area contributed by atoms with Crippen molar-refractivity contribution in [2.45, 2.75) is 19.4 Å². The van der Waals surface area contributed by atoms with Gasteiger partial charge in [0.05, 0.1) is 0 Å². The Kier molecular flexibility index (Phi) is 7.05. The fourth-order valence-corrected chi connectivity index (χ4v) is 0.263. The number of carboxylic acids is 1. The van der Waals surface area contributed by atoms with E-state index in [4.69, 9.17) is 5.73 Å². The number of carbonyl (C=O) groups is 1. The summed E-state index contributed by atoms with van der Waals surface area (Å²) in [6, 6.07) is -0.287. The zero-order valence-electron chi connectivity index (χ0n) is 5.18. The molecule has 0 bridgehead atoms. The molecule has 0 amide bonds. The van der Waals surface area contributed by atoms with Gasteiger partial charge in [-0.3, -0.25) is 0 Å². The van der Waals surface area contributed by atoms with Crippen LogP contribution in [0.1, 0.15) is 13.3 Å². The first kappa shape index (κ1) is 10.9. The molecule has 0 aliphatic carbocycles. The van der Waals surface area contributed by atoms with Crippen LogP contribution in [0, 0.1) is 0 Å². The maximum atomic E-state index is 9.62. The number of nitrogens with two attached hydrogens (primary N) is 1. The third-order valence-corrected chi connectivity index (χ3v) is 0.489. The number of hydrogen-bond donors (Lipinski definition) is 1. The monoisotopic (exact) mass is 109 g/mol. The molecular weight excluding hydrogens is 101 g/mol. The second-order valence-corrected chi connectivity index (χ2v) is 1.55. The Bertz CT molecular complexity index is 74.4. The van der Waals surface area contributed by atoms with E-state index in [9.17, 15) is 9.90 Å². The SMILES string of the molecule is CC(N)CC(=O)[O-].[Li+]. The molecule has 4 heteroatoms. The van der Waals surface area contributed by atoms with E-state index in [1.807, 2.05) is 0 Å². The smallest absolute Gasteiger partial charge is 0.550 e. The zero-order chi connectivity index (χ0) is 5.86. The minimum Gasteiger partial charge on any atom is -0.550 e. The molecule has 0 saturated carbocycles. The standard InChI is InChI=1S/C4H9NO2.Li/c1-3(5)2-4(6)7;/h3H,2,5H2,1H3,(H,6,7);/q;+1/p-1. The van der Waals surface area contributed by atoms with Gasteiger partial charge in [-0.2, -0.15) is 0 Å². The van der Waals surface area contributed by atoms with E-state index in [-0.39, 0.29) is 31.3 Å². The van der Waals surface area contributed by atoms with Crippen LogP contribution in [0.4, 0.5) is 0 Å². The van der Waals surface area contributed by atoms with Gasteiger partial charge in [-0.1, -0.05) is 0 Å². The van der Waals surface area contributed by atoms with E-state index in [0.29, 0.717) is 0 Å². The molecule has 1 atom stereocenters. The maximum absolute atomic E-state index is 9.62. The van der Waals surface area contributed by atoms with Crippen LogP contribution in [0.2, 0.25) is 0 Å². The fraction of sp³-hybridized carbons (Fsp3) is 0.750. The second-order valence-electron chi connectivity index (χ2n) is 1.55. The number of hydrogen-bond acceptors (Lipinski definition) is 3. The van der Waals surface area contributed by atoms with Gasteiger partial charge >= 0.3 is 18.9 Å². The zero-order valence-corrected chi connectivity index (χ0v) is 5.18. The van der Waals surface area contributed by atoms with Crippen molar-refractivity contribution < 1.29 is 28.8 Å². The van der Waals surface area contributed by atoms with Crippen LogP contribution in [0.3, 0.4) is 0 Å². The van der Waals surface area contributed by atoms with Crippen LogP contribution >= 0.6 is 0 Å². The summed E-state index contributed by atoms with van der Waals surface area (Å²) in [4.78, 5) is 9.62. The Hall–Kier alpha value is 0.0274. The van der Waals surface area contributed by atoms with Crippen LogP contribution in [-0.2, 0) is 4.79 Å². The molecule has 8 heavy (non-hydrogen) atoms. The molecular formula is C4H8LiNO2. The Morgan fingerprint density at radius 2 is 2.25 bits per heavy atom. The third kappa shape index (κ3) is 9.39. The topological polar surface area (TPSA) is 66.2 Å². The van der Waals surface area contributed by atoms with Gasteiger partial charge < -0.3 is 15.6 Å². The van der Waals surface area contributed by atoms with E-state index >= 15 is 0 Å². The number of rotatable bonds is 2. The first-order valence-electron chi connectivity index (χ1n) is 2.08. The van der Waals surface area contributed by atoms with Crippen molar-refractivity contribution in [3.63, 3.8) is 0 Å². The fourth-order valence-electron chi connectivity index (χ4n) is 0.263. The predicted octanol–water partition coefficient (Wildman–Crippen LogP) is -4.52. The van der Waals surface area contributed by atoms with Gasteiger partial charge in [-0.25, -0.2) is 0 Å². The largest absolute Gasteiger partial charge is 1.00 e. The summed E-state index contributed by atoms with van der Waals surface area (Å²) in [5, 5.41) is 9.62. The third-order valence-electron chi connectivity index (χ3n) is 0.489. The molecule has 0 radical (unpaired) electrons. The minimum absolute atomic E-state index is 0. The Balaban J connectivity index is 0. The van der Waals surface area contributed by atoms with E-state index in [1.165, 1.54) is 0 Å². The van der Waals surface area contributed by atoms with Crippen LogP contribution in [0.15, 0.2) is 0 Å². The molecule has 0 aliphatic heterocycles. The average Bonchev–Trinajstić information content (AvgIpc) is 1.27. The normalized spacial score (nSPS) is 11.8. The van der Waals surface area contributed by atoms with Crippen LogP contribution in [0.25, 0.3) is 0 Å². The van der Waals surface area contributed by atoms with E-state index in [0.717, 1.165) is 0 Å². The minimum atomic E-state index is -1.09. The van der Waals surface area contributed by atoms with Crippen molar-refractivity contribution >= 4 is 5.97 Å². The number of carboxylic acid groups (broad SMARTS) is 1. The summed E-state index contributed by atoms with van der Waals surface area (Å²) in [7, 11) is 0. The quantitative estimate of drug-likeness (QED) is 0.363. The molecule has 0 aromatic carbocycles. The van der Waals surface area contributed by atoms with Gasteiger partial charge in [-0.15, -0.1) is 0 Å². The molecule has 0 heterocycles. The number of aliphatic carboxylic acids is 1. The molecule has 0 spiro atoms. The van der Waals surface area contributed by atoms with Crippen LogP contribution < -0.4 is 29.7 Å². The van der Waals surface area contributed by atoms with E-state index < -0.39 is 5.97 Å². The number of carbonyl (C=O) groups excluding carboxylic acids is 1. The first-order chi connectivity index (χ1) is 3.13. The maximum Gasteiger partial charge on any atom is 1.00 e. The predicted molar refractivity (Wildman–Crippen MR) is 23.3 cm³/mol. The summed E-state index contributed by atoms with van der Waals surface area (Å²) in [5.74, 6) is -1.09. The second kappa shape index (κ2) is 5.17. The summed E-state index contributed by atoms with van der Waals surface area (Å²) in [6.07, 6.45) is -0.0556. The first-order valence-corrected chi connectivity index (χ1v) is 2.08.